The van der Waals surface area contributed by atoms with E-state index in [-0.39, 0.29) is 0 Å². The smallest absolute Gasteiger partial charge is 0.303 e. The topological polar surface area (TPSA) is 195 Å². The highest BCUT2D eigenvalue weighted by molar-refractivity contribution is 5.68. The Labute approximate surface area is 240 Å². The molecule has 0 aromatic heterocycles. The van der Waals surface area contributed by atoms with Crippen LogP contribution in [0, 0.1) is 0 Å². The lowest BCUT2D eigenvalue weighted by molar-refractivity contribution is -0.352. The van der Waals surface area contributed by atoms with E-state index in [2.05, 4.69) is 0 Å². The normalized spacial score (nSPS) is 32.6. The van der Waals surface area contributed by atoms with Gasteiger partial charge in [-0.25, -0.2) is 4.39 Å². The van der Waals surface area contributed by atoms with Crippen molar-refractivity contribution in [2.24, 2.45) is 0 Å². The lowest BCUT2D eigenvalue weighted by atomic mass is 9.96. The average molecular weight is 611 g/mol. The van der Waals surface area contributed by atoms with Crippen molar-refractivity contribution in [3.05, 3.63) is 0 Å². The van der Waals surface area contributed by atoms with Crippen LogP contribution in [-0.4, -0.2) is 118 Å². The van der Waals surface area contributed by atoms with Crippen LogP contribution in [0.25, 0.3) is 0 Å². The first-order valence-electron chi connectivity index (χ1n) is 12.7. The van der Waals surface area contributed by atoms with Gasteiger partial charge >= 0.3 is 35.8 Å². The summed E-state index contributed by atoms with van der Waals surface area (Å²) in [5, 5.41) is 0. The first-order valence-corrected chi connectivity index (χ1v) is 12.7. The molecule has 2 saturated heterocycles. The molecular formula is C25H35FO16. The summed E-state index contributed by atoms with van der Waals surface area (Å²) in [6.07, 6.45) is -16.1. The zero-order chi connectivity index (χ0) is 31.7. The Balaban J connectivity index is 2.61. The van der Waals surface area contributed by atoms with E-state index in [4.69, 9.17) is 47.4 Å². The van der Waals surface area contributed by atoms with E-state index in [1.54, 1.807) is 0 Å². The van der Waals surface area contributed by atoms with E-state index in [1.165, 1.54) is 7.11 Å². The minimum absolute atomic E-state index is 0.438. The lowest BCUT2D eigenvalue weighted by Gasteiger charge is -2.48. The maximum absolute atomic E-state index is 15.1. The van der Waals surface area contributed by atoms with Crippen molar-refractivity contribution in [2.75, 3.05) is 20.3 Å². The molecule has 16 nitrogen and oxygen atoms in total. The second-order valence-electron chi connectivity index (χ2n) is 9.27. The van der Waals surface area contributed by atoms with Crippen LogP contribution >= 0.6 is 0 Å². The van der Waals surface area contributed by atoms with Gasteiger partial charge in [-0.15, -0.1) is 0 Å². The number of rotatable bonds is 11. The molecule has 0 unspecified atom stereocenters. The Morgan fingerprint density at radius 2 is 0.952 bits per heavy atom. The maximum Gasteiger partial charge on any atom is 0.303 e. The van der Waals surface area contributed by atoms with Crippen LogP contribution in [0.1, 0.15) is 41.5 Å². The fourth-order valence-corrected chi connectivity index (χ4v) is 4.41. The molecule has 0 bridgehead atoms. The van der Waals surface area contributed by atoms with Gasteiger partial charge in [-0.1, -0.05) is 0 Å². The van der Waals surface area contributed by atoms with E-state index in [9.17, 15) is 28.8 Å². The van der Waals surface area contributed by atoms with Gasteiger partial charge in [-0.2, -0.15) is 0 Å². The minimum Gasteiger partial charge on any atom is -0.463 e. The van der Waals surface area contributed by atoms with Crippen LogP contribution in [-0.2, 0) is 76.1 Å². The third kappa shape index (κ3) is 9.85. The summed E-state index contributed by atoms with van der Waals surface area (Å²) < 4.78 is 68.9. The highest BCUT2D eigenvalue weighted by Crippen LogP contribution is 2.35. The fourth-order valence-electron chi connectivity index (χ4n) is 4.41. The van der Waals surface area contributed by atoms with Crippen molar-refractivity contribution in [3.8, 4) is 0 Å². The van der Waals surface area contributed by atoms with E-state index < -0.39 is 111 Å². The van der Waals surface area contributed by atoms with Gasteiger partial charge in [0.2, 0.25) is 6.36 Å². The zero-order valence-corrected chi connectivity index (χ0v) is 24.1. The molecule has 0 aliphatic carbocycles. The molecule has 0 amide bonds. The first kappa shape index (κ1) is 34.8. The molecule has 2 aliphatic heterocycles. The summed E-state index contributed by atoms with van der Waals surface area (Å²) in [6.45, 7) is 5.26. The number of esters is 6. The number of halogens is 1. The average Bonchev–Trinajstić information content (AvgIpc) is 2.86. The molecule has 2 rings (SSSR count). The van der Waals surface area contributed by atoms with Gasteiger partial charge < -0.3 is 47.4 Å². The second kappa shape index (κ2) is 15.7. The third-order valence-electron chi connectivity index (χ3n) is 5.84. The summed E-state index contributed by atoms with van der Waals surface area (Å²) in [7, 11) is 1.24. The molecule has 2 aliphatic rings. The predicted octanol–water partition coefficient (Wildman–Crippen LogP) is -0.341. The molecule has 0 N–H and O–H groups in total. The second-order valence-corrected chi connectivity index (χ2v) is 9.27. The molecule has 2 heterocycles. The summed E-state index contributed by atoms with van der Waals surface area (Å²) in [5.74, 6) is -5.02. The molecule has 238 valence electrons. The predicted molar refractivity (Wildman–Crippen MR) is 130 cm³/mol. The molecule has 0 aromatic rings. The molecule has 10 atom stereocenters. The quantitative estimate of drug-likeness (QED) is 0.217. The largest absolute Gasteiger partial charge is 0.463 e. The van der Waals surface area contributed by atoms with Gasteiger partial charge in [0.1, 0.15) is 37.6 Å². The van der Waals surface area contributed by atoms with Crippen LogP contribution in [0.15, 0.2) is 0 Å². The number of carbonyl (C=O) groups excluding carboxylic acids is 6. The van der Waals surface area contributed by atoms with Crippen molar-refractivity contribution in [1.82, 2.24) is 0 Å². The molecule has 0 radical (unpaired) electrons. The number of methoxy groups -OCH3 is 1. The van der Waals surface area contributed by atoms with Crippen molar-refractivity contribution in [3.63, 3.8) is 0 Å². The minimum atomic E-state index is -2.36. The van der Waals surface area contributed by atoms with E-state index >= 15 is 4.39 Å². The lowest BCUT2D eigenvalue weighted by Crippen LogP contribution is -2.66. The van der Waals surface area contributed by atoms with Crippen molar-refractivity contribution >= 4 is 35.8 Å². The van der Waals surface area contributed by atoms with Gasteiger partial charge in [-0.3, -0.25) is 28.8 Å². The first-order chi connectivity index (χ1) is 19.6. The molecular weight excluding hydrogens is 575 g/mol. The molecule has 0 spiro atoms. The van der Waals surface area contributed by atoms with E-state index in [1.807, 2.05) is 0 Å². The number of hydrogen-bond donors (Lipinski definition) is 0. The van der Waals surface area contributed by atoms with Gasteiger partial charge in [0, 0.05) is 48.7 Å². The molecule has 17 heteroatoms. The van der Waals surface area contributed by atoms with Crippen LogP contribution in [0.4, 0.5) is 4.39 Å². The van der Waals surface area contributed by atoms with E-state index in [0.717, 1.165) is 41.5 Å². The molecule has 0 aromatic carbocycles. The Morgan fingerprint density at radius 1 is 0.548 bits per heavy atom. The van der Waals surface area contributed by atoms with Crippen LogP contribution < -0.4 is 0 Å². The van der Waals surface area contributed by atoms with Crippen molar-refractivity contribution in [2.45, 2.75) is 103 Å². The van der Waals surface area contributed by atoms with Gasteiger partial charge in [0.25, 0.3) is 0 Å². The van der Waals surface area contributed by atoms with Gasteiger partial charge in [0.05, 0.1) is 0 Å². The molecule has 42 heavy (non-hydrogen) atoms. The third-order valence-corrected chi connectivity index (χ3v) is 5.84. The highest BCUT2D eigenvalue weighted by Gasteiger charge is 2.56. The summed E-state index contributed by atoms with van der Waals surface area (Å²) in [4.78, 5) is 71.0. The highest BCUT2D eigenvalue weighted by atomic mass is 19.1. The number of hydrogen-bond acceptors (Lipinski definition) is 16. The van der Waals surface area contributed by atoms with Crippen molar-refractivity contribution in [1.29, 1.82) is 0 Å². The van der Waals surface area contributed by atoms with E-state index in [0.29, 0.717) is 0 Å². The Kier molecular flexibility index (Phi) is 13.0. The van der Waals surface area contributed by atoms with Gasteiger partial charge in [-0.05, 0) is 0 Å². The molecule has 2 fully saturated rings. The Hall–Kier alpha value is -3.41. The summed E-state index contributed by atoms with van der Waals surface area (Å²) >= 11 is 0. The van der Waals surface area contributed by atoms with Crippen LogP contribution in [0.3, 0.4) is 0 Å². The number of carbonyl (C=O) groups is 6. The monoisotopic (exact) mass is 610 g/mol. The van der Waals surface area contributed by atoms with Crippen LogP contribution in [0.5, 0.6) is 0 Å². The van der Waals surface area contributed by atoms with Crippen LogP contribution in [0.2, 0.25) is 0 Å². The maximum atomic E-state index is 15.1. The van der Waals surface area contributed by atoms with Gasteiger partial charge in [0.15, 0.2) is 30.7 Å². The number of alkyl halides is 1. The summed E-state index contributed by atoms with van der Waals surface area (Å²) in [6, 6.07) is 0. The Morgan fingerprint density at radius 3 is 1.38 bits per heavy atom. The SMILES string of the molecule is CO[C@H]1[C@H](OC(C)=O)[C@@H](OC(C)=O)[C@@H](O[C@H]2[C@H](OC(C)=O)[C@@H](OC(C)=O)[C@@H](F)O[C@@H]2COC(C)=O)O[C@@H]1COC(C)=O. The zero-order valence-electron chi connectivity index (χ0n) is 24.1. The molecule has 0 saturated carbocycles. The fraction of sp³-hybridized carbons (Fsp3) is 0.760. The summed E-state index contributed by atoms with van der Waals surface area (Å²) in [5.41, 5.74) is 0. The number of ether oxygens (including phenoxy) is 10. The Bertz CT molecular complexity index is 1000. The standard InChI is InChI=1S/C25H35FO16/c1-10(27)34-8-16-18(33-7)20(36-12(3)29)23(39-15(6)32)25(41-16)42-19-17(9-35-11(2)28)40-24(26)22(38-14(5)31)21(19)37-13(4)30/h16-25H,8-9H2,1-7H3/t16-,17-,18-,19-,20+,21+,22-,23-,24+,25-/m1/s1. The van der Waals surface area contributed by atoms with Crippen molar-refractivity contribution < 1.29 is 80.5 Å².